The number of rotatable bonds is 11. The van der Waals surface area contributed by atoms with Crippen molar-refractivity contribution in [1.29, 1.82) is 0 Å². The molecule has 2 rings (SSSR count). The Kier molecular flexibility index (Phi) is 7.69. The Morgan fingerprint density at radius 3 is 2.59 bits per heavy atom. The minimum atomic E-state index is -3.34. The Morgan fingerprint density at radius 1 is 1.26 bits per heavy atom. The van der Waals surface area contributed by atoms with E-state index < -0.39 is 15.7 Å². The molecular weight excluding hydrogens is 367 g/mol. The molecule has 1 aromatic carbocycles. The fraction of sp³-hybridized carbons (Fsp3) is 0.714. The van der Waals surface area contributed by atoms with E-state index in [-0.39, 0.29) is 28.8 Å². The van der Waals surface area contributed by atoms with E-state index in [1.807, 2.05) is 6.92 Å². The minimum Gasteiger partial charge on any atom is -0.490 e. The molecule has 0 N–H and O–H groups in total. The van der Waals surface area contributed by atoms with Crippen LogP contribution in [0, 0.1) is 17.2 Å². The van der Waals surface area contributed by atoms with Gasteiger partial charge in [-0.15, -0.1) is 0 Å². The SMILES string of the molecule is C[C@@H](CS(=O)(=O)COCCCC(C)(C)C)c1ccc(F)c(OCC2CC2)c1. The molecule has 0 radical (unpaired) electrons. The molecule has 0 amide bonds. The molecule has 0 heterocycles. The third-order valence-corrected chi connectivity index (χ3v) is 6.21. The predicted molar refractivity (Wildman–Crippen MR) is 106 cm³/mol. The molecule has 0 spiro atoms. The van der Waals surface area contributed by atoms with Gasteiger partial charge in [0.15, 0.2) is 21.4 Å². The molecule has 0 bridgehead atoms. The van der Waals surface area contributed by atoms with Gasteiger partial charge in [0, 0.05) is 6.61 Å². The summed E-state index contributed by atoms with van der Waals surface area (Å²) in [5, 5.41) is 0. The van der Waals surface area contributed by atoms with Crippen LogP contribution in [0.1, 0.15) is 64.9 Å². The van der Waals surface area contributed by atoms with Gasteiger partial charge in [-0.05, 0) is 60.6 Å². The fourth-order valence-corrected chi connectivity index (χ4v) is 4.27. The molecule has 0 unspecified atom stereocenters. The monoisotopic (exact) mass is 400 g/mol. The summed E-state index contributed by atoms with van der Waals surface area (Å²) in [7, 11) is -3.34. The Balaban J connectivity index is 1.83. The van der Waals surface area contributed by atoms with Gasteiger partial charge in [-0.25, -0.2) is 12.8 Å². The van der Waals surface area contributed by atoms with Crippen LogP contribution in [-0.2, 0) is 14.6 Å². The second kappa shape index (κ2) is 9.37. The van der Waals surface area contributed by atoms with Crippen LogP contribution < -0.4 is 4.74 Å². The number of hydrogen-bond donors (Lipinski definition) is 0. The highest BCUT2D eigenvalue weighted by atomic mass is 32.2. The maximum absolute atomic E-state index is 13.9. The van der Waals surface area contributed by atoms with E-state index in [0.717, 1.165) is 31.2 Å². The first-order chi connectivity index (χ1) is 12.6. The summed E-state index contributed by atoms with van der Waals surface area (Å²) < 4.78 is 49.5. The Bertz CT molecular complexity index is 705. The number of hydrogen-bond acceptors (Lipinski definition) is 4. The van der Waals surface area contributed by atoms with Gasteiger partial charge < -0.3 is 9.47 Å². The third-order valence-electron chi connectivity index (χ3n) is 4.68. The standard InChI is InChI=1S/C21H33FO4S/c1-16(14-27(23,24)15-25-11-5-10-21(2,3)4)18-8-9-19(22)20(12-18)26-13-17-6-7-17/h8-9,12,16-17H,5-7,10-11,13-15H2,1-4H3/t16-/m0/s1. The molecule has 27 heavy (non-hydrogen) atoms. The van der Waals surface area contributed by atoms with Gasteiger partial charge >= 0.3 is 0 Å². The highest BCUT2D eigenvalue weighted by molar-refractivity contribution is 7.91. The smallest absolute Gasteiger partial charge is 0.174 e. The summed E-state index contributed by atoms with van der Waals surface area (Å²) in [5.74, 6) is -0.217. The van der Waals surface area contributed by atoms with Crippen LogP contribution in [-0.4, -0.2) is 33.3 Å². The zero-order valence-corrected chi connectivity index (χ0v) is 17.8. The lowest BCUT2D eigenvalue weighted by molar-refractivity contribution is 0.160. The zero-order valence-electron chi connectivity index (χ0n) is 17.0. The summed E-state index contributed by atoms with van der Waals surface area (Å²) >= 11 is 0. The van der Waals surface area contributed by atoms with Crippen molar-refractivity contribution in [2.45, 2.75) is 59.3 Å². The Morgan fingerprint density at radius 2 is 1.96 bits per heavy atom. The molecular formula is C21H33FO4S. The second-order valence-corrected chi connectivity index (χ2v) is 11.0. The summed E-state index contributed by atoms with van der Waals surface area (Å²) in [4.78, 5) is 0. The number of halogens is 1. The molecule has 0 aliphatic heterocycles. The van der Waals surface area contributed by atoms with Crippen LogP contribution in [0.5, 0.6) is 5.75 Å². The molecule has 1 aromatic rings. The highest BCUT2D eigenvalue weighted by Gasteiger charge is 2.23. The van der Waals surface area contributed by atoms with E-state index in [4.69, 9.17) is 9.47 Å². The molecule has 1 saturated carbocycles. The van der Waals surface area contributed by atoms with Crippen molar-refractivity contribution in [3.8, 4) is 5.75 Å². The van der Waals surface area contributed by atoms with Gasteiger partial charge in [0.05, 0.1) is 12.4 Å². The fourth-order valence-electron chi connectivity index (χ4n) is 2.84. The number of sulfone groups is 1. The topological polar surface area (TPSA) is 52.6 Å². The van der Waals surface area contributed by atoms with E-state index >= 15 is 0 Å². The molecule has 4 nitrogen and oxygen atoms in total. The van der Waals surface area contributed by atoms with Crippen molar-refractivity contribution in [2.24, 2.45) is 11.3 Å². The van der Waals surface area contributed by atoms with Crippen molar-refractivity contribution in [3.05, 3.63) is 29.6 Å². The molecule has 1 fully saturated rings. The lowest BCUT2D eigenvalue weighted by Gasteiger charge is -2.18. The molecule has 0 aromatic heterocycles. The average Bonchev–Trinajstić information content (AvgIpc) is 3.36. The van der Waals surface area contributed by atoms with Gasteiger partial charge in [-0.3, -0.25) is 0 Å². The third kappa shape index (κ3) is 8.60. The average molecular weight is 401 g/mol. The lowest BCUT2D eigenvalue weighted by atomic mass is 9.91. The second-order valence-electron chi connectivity index (χ2n) is 8.95. The van der Waals surface area contributed by atoms with Crippen LogP contribution in [0.3, 0.4) is 0 Å². The van der Waals surface area contributed by atoms with Gasteiger partial charge in [-0.2, -0.15) is 0 Å². The van der Waals surface area contributed by atoms with E-state index in [2.05, 4.69) is 20.8 Å². The molecule has 1 aliphatic carbocycles. The minimum absolute atomic E-state index is 0.0278. The molecule has 1 aliphatic rings. The summed E-state index contributed by atoms with van der Waals surface area (Å²) in [6.45, 7) is 9.25. The normalized spacial score (nSPS) is 16.3. The number of benzene rings is 1. The predicted octanol–water partition coefficient (Wildman–Crippen LogP) is 4.93. The van der Waals surface area contributed by atoms with Crippen molar-refractivity contribution in [2.75, 3.05) is 24.9 Å². The first kappa shape index (κ1) is 22.2. The zero-order chi connectivity index (χ0) is 20.1. The van der Waals surface area contributed by atoms with Gasteiger partial charge in [-0.1, -0.05) is 33.8 Å². The number of ether oxygens (including phenoxy) is 2. The van der Waals surface area contributed by atoms with E-state index in [1.54, 1.807) is 12.1 Å². The van der Waals surface area contributed by atoms with E-state index in [9.17, 15) is 12.8 Å². The van der Waals surface area contributed by atoms with Crippen molar-refractivity contribution in [1.82, 2.24) is 0 Å². The molecule has 0 saturated heterocycles. The molecule has 154 valence electrons. The first-order valence-electron chi connectivity index (χ1n) is 9.76. The van der Waals surface area contributed by atoms with Gasteiger partial charge in [0.25, 0.3) is 0 Å². The maximum Gasteiger partial charge on any atom is 0.174 e. The quantitative estimate of drug-likeness (QED) is 0.494. The Hall–Kier alpha value is -1.14. The van der Waals surface area contributed by atoms with Crippen LogP contribution in [0.2, 0.25) is 0 Å². The summed E-state index contributed by atoms with van der Waals surface area (Å²) in [6, 6.07) is 4.61. The first-order valence-corrected chi connectivity index (χ1v) is 11.6. The van der Waals surface area contributed by atoms with E-state index in [1.165, 1.54) is 6.07 Å². The van der Waals surface area contributed by atoms with Crippen LogP contribution >= 0.6 is 0 Å². The van der Waals surface area contributed by atoms with Gasteiger partial charge in [0.1, 0.15) is 5.94 Å². The van der Waals surface area contributed by atoms with Crippen LogP contribution in [0.15, 0.2) is 18.2 Å². The highest BCUT2D eigenvalue weighted by Crippen LogP contribution is 2.31. The summed E-state index contributed by atoms with van der Waals surface area (Å²) in [6.07, 6.45) is 4.09. The van der Waals surface area contributed by atoms with Crippen molar-refractivity contribution < 1.29 is 22.3 Å². The van der Waals surface area contributed by atoms with Crippen molar-refractivity contribution in [3.63, 3.8) is 0 Å². The largest absolute Gasteiger partial charge is 0.490 e. The van der Waals surface area contributed by atoms with E-state index in [0.29, 0.717) is 19.1 Å². The van der Waals surface area contributed by atoms with Crippen LogP contribution in [0.25, 0.3) is 0 Å². The van der Waals surface area contributed by atoms with Crippen LogP contribution in [0.4, 0.5) is 4.39 Å². The Labute approximate surface area is 163 Å². The molecule has 1 atom stereocenters. The molecule has 6 heteroatoms. The summed E-state index contributed by atoms with van der Waals surface area (Å²) in [5.41, 5.74) is 0.983. The lowest BCUT2D eigenvalue weighted by Crippen LogP contribution is -2.19. The van der Waals surface area contributed by atoms with Gasteiger partial charge in [0.2, 0.25) is 0 Å². The maximum atomic E-state index is 13.9. The van der Waals surface area contributed by atoms with Crippen molar-refractivity contribution >= 4 is 9.84 Å².